The molecule has 2 atom stereocenters. The van der Waals surface area contributed by atoms with Crippen molar-refractivity contribution in [3.8, 4) is 11.5 Å². The summed E-state index contributed by atoms with van der Waals surface area (Å²) in [6.07, 6.45) is 2.48. The molecular formula is C33H43N3O6S. The summed E-state index contributed by atoms with van der Waals surface area (Å²) in [6, 6.07) is 23.0. The number of hydrogen-bond acceptors (Lipinski definition) is 6. The molecule has 0 fully saturated rings. The van der Waals surface area contributed by atoms with Gasteiger partial charge in [0.05, 0.1) is 26.2 Å². The van der Waals surface area contributed by atoms with E-state index in [1.165, 1.54) is 11.4 Å². The van der Waals surface area contributed by atoms with E-state index < -0.39 is 16.1 Å². The van der Waals surface area contributed by atoms with Crippen molar-refractivity contribution in [2.24, 2.45) is 0 Å². The molecule has 10 heteroatoms. The molecule has 0 saturated carbocycles. The number of sulfonamides is 1. The van der Waals surface area contributed by atoms with Gasteiger partial charge in [0.1, 0.15) is 17.5 Å². The van der Waals surface area contributed by atoms with Gasteiger partial charge in [-0.15, -0.1) is 0 Å². The molecule has 3 rings (SSSR count). The van der Waals surface area contributed by atoms with Crippen molar-refractivity contribution in [3.05, 3.63) is 90.0 Å². The number of ether oxygens (including phenoxy) is 2. The summed E-state index contributed by atoms with van der Waals surface area (Å²) in [7, 11) is -0.600. The van der Waals surface area contributed by atoms with Crippen LogP contribution in [-0.2, 0) is 32.6 Å². The Morgan fingerprint density at radius 3 is 2.23 bits per heavy atom. The molecule has 0 aliphatic rings. The highest BCUT2D eigenvalue weighted by Gasteiger charge is 2.31. The maximum atomic E-state index is 14.0. The summed E-state index contributed by atoms with van der Waals surface area (Å²) in [4.78, 5) is 29.3. The van der Waals surface area contributed by atoms with Gasteiger partial charge in [-0.25, -0.2) is 8.42 Å². The smallest absolute Gasteiger partial charge is 0.243 e. The van der Waals surface area contributed by atoms with Gasteiger partial charge in [0, 0.05) is 32.0 Å². The molecule has 0 spiro atoms. The van der Waals surface area contributed by atoms with E-state index in [2.05, 4.69) is 5.32 Å². The Labute approximate surface area is 255 Å². The normalized spacial score (nSPS) is 12.6. The Morgan fingerprint density at radius 1 is 0.907 bits per heavy atom. The van der Waals surface area contributed by atoms with Gasteiger partial charge in [-0.05, 0) is 55.2 Å². The summed E-state index contributed by atoms with van der Waals surface area (Å²) >= 11 is 0. The molecule has 0 heterocycles. The Kier molecular flexibility index (Phi) is 12.4. The Balaban J connectivity index is 1.92. The summed E-state index contributed by atoms with van der Waals surface area (Å²) in [5.41, 5.74) is 2.15. The zero-order chi connectivity index (χ0) is 31.4. The van der Waals surface area contributed by atoms with Gasteiger partial charge < -0.3 is 19.7 Å². The number of para-hydroxylation sites is 2. The number of benzene rings is 3. The topological polar surface area (TPSA) is 105 Å². The minimum atomic E-state index is -3.66. The molecule has 0 bridgehead atoms. The molecule has 1 N–H and O–H groups in total. The fourth-order valence-electron chi connectivity index (χ4n) is 4.78. The second-order valence-electron chi connectivity index (χ2n) is 10.5. The molecule has 0 aliphatic carbocycles. The molecule has 43 heavy (non-hydrogen) atoms. The standard InChI is InChI=1S/C33H43N3O6S/c1-6-25(2)34-33(38)30(23-26-14-8-7-9-15-26)35(24-27-16-12-17-28(22-27)41-3)32(37)20-13-21-36(43(5,39)40)29-18-10-11-19-31(29)42-4/h7-12,14-19,22,25,30H,6,13,20-21,23-24H2,1-5H3,(H,34,38)/t25-,30-/m0/s1. The van der Waals surface area contributed by atoms with Crippen molar-refractivity contribution in [3.63, 3.8) is 0 Å². The predicted octanol–water partition coefficient (Wildman–Crippen LogP) is 4.80. The summed E-state index contributed by atoms with van der Waals surface area (Å²) in [5.74, 6) is 0.579. The maximum Gasteiger partial charge on any atom is 0.243 e. The van der Waals surface area contributed by atoms with Crippen LogP contribution in [0.15, 0.2) is 78.9 Å². The lowest BCUT2D eigenvalue weighted by Gasteiger charge is -2.33. The summed E-state index contributed by atoms with van der Waals surface area (Å²) < 4.78 is 37.5. The van der Waals surface area contributed by atoms with Crippen LogP contribution in [0.1, 0.15) is 44.2 Å². The van der Waals surface area contributed by atoms with Gasteiger partial charge in [0.15, 0.2) is 0 Å². The zero-order valence-corrected chi connectivity index (χ0v) is 26.5. The molecule has 232 valence electrons. The van der Waals surface area contributed by atoms with E-state index in [4.69, 9.17) is 9.47 Å². The van der Waals surface area contributed by atoms with E-state index in [1.54, 1.807) is 36.3 Å². The van der Waals surface area contributed by atoms with Crippen LogP contribution in [0.5, 0.6) is 11.5 Å². The van der Waals surface area contributed by atoms with Crippen LogP contribution in [-0.4, -0.2) is 64.2 Å². The third-order valence-electron chi connectivity index (χ3n) is 7.27. The number of nitrogens with zero attached hydrogens (tertiary/aromatic N) is 2. The van der Waals surface area contributed by atoms with E-state index in [1.807, 2.05) is 68.4 Å². The van der Waals surface area contributed by atoms with Gasteiger partial charge in [0.2, 0.25) is 21.8 Å². The molecular weight excluding hydrogens is 566 g/mol. The number of carbonyl (C=O) groups is 2. The second kappa shape index (κ2) is 16.0. The predicted molar refractivity (Wildman–Crippen MR) is 170 cm³/mol. The molecule has 9 nitrogen and oxygen atoms in total. The lowest BCUT2D eigenvalue weighted by Crippen LogP contribution is -2.52. The number of nitrogens with one attached hydrogen (secondary N) is 1. The average molecular weight is 610 g/mol. The molecule has 0 aromatic heterocycles. The minimum Gasteiger partial charge on any atom is -0.497 e. The summed E-state index contributed by atoms with van der Waals surface area (Å²) in [5, 5.41) is 3.06. The number of methoxy groups -OCH3 is 2. The zero-order valence-electron chi connectivity index (χ0n) is 25.7. The van der Waals surface area contributed by atoms with Crippen molar-refractivity contribution in [2.75, 3.05) is 31.3 Å². The van der Waals surface area contributed by atoms with Crippen LogP contribution < -0.4 is 19.1 Å². The van der Waals surface area contributed by atoms with Crippen LogP contribution in [0.2, 0.25) is 0 Å². The molecule has 0 aliphatic heterocycles. The molecule has 3 aromatic carbocycles. The van der Waals surface area contributed by atoms with E-state index in [0.29, 0.717) is 23.6 Å². The highest BCUT2D eigenvalue weighted by Crippen LogP contribution is 2.30. The maximum absolute atomic E-state index is 14.0. The fourth-order valence-corrected chi connectivity index (χ4v) is 5.75. The van der Waals surface area contributed by atoms with Crippen LogP contribution in [0.3, 0.4) is 0 Å². The van der Waals surface area contributed by atoms with Crippen LogP contribution >= 0.6 is 0 Å². The van der Waals surface area contributed by atoms with Crippen molar-refractivity contribution >= 4 is 27.5 Å². The largest absolute Gasteiger partial charge is 0.497 e. The van der Waals surface area contributed by atoms with E-state index in [-0.39, 0.29) is 43.8 Å². The van der Waals surface area contributed by atoms with Crippen molar-refractivity contribution in [1.82, 2.24) is 10.2 Å². The monoisotopic (exact) mass is 609 g/mol. The SMILES string of the molecule is CC[C@H](C)NC(=O)[C@H](Cc1ccccc1)N(Cc1cccc(OC)c1)C(=O)CCCN(c1ccccc1OC)S(C)(=O)=O. The summed E-state index contributed by atoms with van der Waals surface area (Å²) in [6.45, 7) is 4.18. The van der Waals surface area contributed by atoms with Gasteiger partial charge in [-0.2, -0.15) is 0 Å². The first-order chi connectivity index (χ1) is 20.6. The Morgan fingerprint density at radius 2 is 1.58 bits per heavy atom. The molecule has 2 amide bonds. The highest BCUT2D eigenvalue weighted by molar-refractivity contribution is 7.92. The van der Waals surface area contributed by atoms with Gasteiger partial charge >= 0.3 is 0 Å². The third-order valence-corrected chi connectivity index (χ3v) is 8.45. The fraction of sp³-hybridized carbons (Fsp3) is 0.394. The van der Waals surface area contributed by atoms with Crippen molar-refractivity contribution < 1.29 is 27.5 Å². The number of rotatable bonds is 16. The molecule has 0 saturated heterocycles. The quantitative estimate of drug-likeness (QED) is 0.250. The third kappa shape index (κ3) is 9.74. The van der Waals surface area contributed by atoms with Gasteiger partial charge in [-0.1, -0.05) is 61.5 Å². The first-order valence-corrected chi connectivity index (χ1v) is 16.3. The van der Waals surface area contributed by atoms with Crippen LogP contribution in [0.25, 0.3) is 0 Å². The minimum absolute atomic E-state index is 0.0348. The second-order valence-corrected chi connectivity index (χ2v) is 12.4. The van der Waals surface area contributed by atoms with E-state index in [9.17, 15) is 18.0 Å². The molecule has 0 unspecified atom stereocenters. The van der Waals surface area contributed by atoms with E-state index in [0.717, 1.165) is 23.8 Å². The molecule has 0 radical (unpaired) electrons. The lowest BCUT2D eigenvalue weighted by atomic mass is 10.0. The van der Waals surface area contributed by atoms with E-state index >= 15 is 0 Å². The lowest BCUT2D eigenvalue weighted by molar-refractivity contribution is -0.141. The number of carbonyl (C=O) groups excluding carboxylic acids is 2. The Bertz CT molecular complexity index is 1450. The highest BCUT2D eigenvalue weighted by atomic mass is 32.2. The Hall–Kier alpha value is -4.05. The van der Waals surface area contributed by atoms with Crippen LogP contribution in [0.4, 0.5) is 5.69 Å². The van der Waals surface area contributed by atoms with Crippen molar-refractivity contribution in [2.45, 2.75) is 58.2 Å². The molecule has 3 aromatic rings. The first kappa shape index (κ1) is 33.5. The van der Waals surface area contributed by atoms with Crippen molar-refractivity contribution in [1.29, 1.82) is 0 Å². The van der Waals surface area contributed by atoms with Gasteiger partial charge in [-0.3, -0.25) is 13.9 Å². The number of amides is 2. The number of hydrogen-bond donors (Lipinski definition) is 1. The van der Waals surface area contributed by atoms with Crippen LogP contribution in [0, 0.1) is 0 Å². The number of anilines is 1. The average Bonchev–Trinajstić information content (AvgIpc) is 3.00. The first-order valence-electron chi connectivity index (χ1n) is 14.4. The van der Waals surface area contributed by atoms with Gasteiger partial charge in [0.25, 0.3) is 0 Å².